The van der Waals surface area contributed by atoms with Gasteiger partial charge in [0, 0.05) is 16.4 Å². The predicted molar refractivity (Wildman–Crippen MR) is 159 cm³/mol. The maximum Gasteiger partial charge on any atom is 0.235 e. The van der Waals surface area contributed by atoms with Crippen LogP contribution in [0.5, 0.6) is 5.75 Å². The number of ether oxygens (including phenoxy) is 1. The molecule has 1 atom stereocenters. The molecule has 3 aromatic rings. The van der Waals surface area contributed by atoms with Gasteiger partial charge in [0.2, 0.25) is 5.91 Å². The molecule has 0 saturated carbocycles. The van der Waals surface area contributed by atoms with Gasteiger partial charge in [0.1, 0.15) is 23.4 Å². The number of amides is 1. The van der Waals surface area contributed by atoms with Crippen LogP contribution in [0, 0.1) is 36.5 Å². The SMILES string of the molecule is CCn1c(COc2cc(C)c(Cl)c(C)c2)nnc1SCC(=O)Nc1sc2c(c1C#N)CCC(C(C)(C)CC)C2. The van der Waals surface area contributed by atoms with E-state index in [9.17, 15) is 10.1 Å². The zero-order valence-corrected chi connectivity index (χ0v) is 25.9. The van der Waals surface area contributed by atoms with Crippen molar-refractivity contribution in [2.45, 2.75) is 85.5 Å². The number of aromatic nitrogens is 3. The highest BCUT2D eigenvalue weighted by molar-refractivity contribution is 7.99. The minimum atomic E-state index is -0.156. The standard InChI is InChI=1S/C29H36ClN5O2S2/c1-7-29(5,6)19-9-10-21-22(14-31)27(39-23(21)13-19)32-25(36)16-38-28-34-33-24(35(28)8-2)15-37-20-11-17(3)26(30)18(4)12-20/h11-12,19H,7-10,13,15-16H2,1-6H3,(H,32,36). The van der Waals surface area contributed by atoms with E-state index in [0.29, 0.717) is 34.0 Å². The first-order valence-corrected chi connectivity index (χ1v) is 15.5. The largest absolute Gasteiger partial charge is 0.486 e. The van der Waals surface area contributed by atoms with Gasteiger partial charge >= 0.3 is 0 Å². The van der Waals surface area contributed by atoms with E-state index in [0.717, 1.165) is 53.1 Å². The van der Waals surface area contributed by atoms with Crippen LogP contribution in [0.15, 0.2) is 17.3 Å². The predicted octanol–water partition coefficient (Wildman–Crippen LogP) is 7.35. The number of carbonyl (C=O) groups excluding carboxylic acids is 1. The molecule has 0 bridgehead atoms. The Kier molecular flexibility index (Phi) is 9.30. The first-order chi connectivity index (χ1) is 18.6. The Balaban J connectivity index is 1.39. The summed E-state index contributed by atoms with van der Waals surface area (Å²) in [5.41, 5.74) is 3.93. The van der Waals surface area contributed by atoms with Gasteiger partial charge in [-0.3, -0.25) is 4.79 Å². The highest BCUT2D eigenvalue weighted by atomic mass is 35.5. The van der Waals surface area contributed by atoms with Gasteiger partial charge in [-0.05, 0) is 80.2 Å². The summed E-state index contributed by atoms with van der Waals surface area (Å²) >= 11 is 9.16. The van der Waals surface area contributed by atoms with Gasteiger partial charge in [-0.15, -0.1) is 21.5 Å². The van der Waals surface area contributed by atoms with Gasteiger partial charge in [-0.1, -0.05) is 50.6 Å². The molecule has 0 radical (unpaired) electrons. The maximum atomic E-state index is 12.9. The van der Waals surface area contributed by atoms with Crippen LogP contribution in [-0.2, 0) is 30.8 Å². The van der Waals surface area contributed by atoms with Crippen molar-refractivity contribution >= 4 is 45.6 Å². The smallest absolute Gasteiger partial charge is 0.235 e. The summed E-state index contributed by atoms with van der Waals surface area (Å²) in [6.07, 6.45) is 4.08. The van der Waals surface area contributed by atoms with E-state index in [2.05, 4.69) is 42.4 Å². The molecule has 1 unspecified atom stereocenters. The van der Waals surface area contributed by atoms with E-state index in [4.69, 9.17) is 16.3 Å². The quantitative estimate of drug-likeness (QED) is 0.250. The van der Waals surface area contributed by atoms with Gasteiger partial charge in [-0.25, -0.2) is 0 Å². The molecular formula is C29H36ClN5O2S2. The van der Waals surface area contributed by atoms with Crippen molar-refractivity contribution in [3.63, 3.8) is 0 Å². The van der Waals surface area contributed by atoms with Crippen LogP contribution in [0.1, 0.15) is 73.5 Å². The fraction of sp³-hybridized carbons (Fsp3) is 0.517. The molecule has 2 heterocycles. The molecule has 0 saturated heterocycles. The number of aryl methyl sites for hydroxylation is 2. The number of nitrogens with zero attached hydrogens (tertiary/aromatic N) is 4. The lowest BCUT2D eigenvalue weighted by Gasteiger charge is -2.36. The number of nitrogens with one attached hydrogen (secondary N) is 1. The van der Waals surface area contributed by atoms with E-state index < -0.39 is 0 Å². The maximum absolute atomic E-state index is 12.9. The molecule has 1 aliphatic carbocycles. The molecular weight excluding hydrogens is 550 g/mol. The highest BCUT2D eigenvalue weighted by Crippen LogP contribution is 2.45. The summed E-state index contributed by atoms with van der Waals surface area (Å²) in [7, 11) is 0. The Bertz CT molecular complexity index is 1380. The Morgan fingerprint density at radius 3 is 2.67 bits per heavy atom. The summed E-state index contributed by atoms with van der Waals surface area (Å²) < 4.78 is 7.92. The number of halogens is 1. The Labute approximate surface area is 244 Å². The number of thiophene rings is 1. The highest BCUT2D eigenvalue weighted by Gasteiger charge is 2.34. The van der Waals surface area contributed by atoms with Crippen molar-refractivity contribution in [1.29, 1.82) is 5.26 Å². The molecule has 1 amide bonds. The van der Waals surface area contributed by atoms with Crippen molar-refractivity contribution < 1.29 is 9.53 Å². The lowest BCUT2D eigenvalue weighted by atomic mass is 9.69. The average Bonchev–Trinajstić information content (AvgIpc) is 3.48. The van der Waals surface area contributed by atoms with Crippen LogP contribution >= 0.6 is 34.7 Å². The fourth-order valence-electron chi connectivity index (χ4n) is 5.03. The second kappa shape index (κ2) is 12.3. The van der Waals surface area contributed by atoms with Crippen molar-refractivity contribution in [2.24, 2.45) is 11.3 Å². The number of fused-ring (bicyclic) bond motifs is 1. The van der Waals surface area contributed by atoms with Crippen LogP contribution in [0.2, 0.25) is 5.02 Å². The summed E-state index contributed by atoms with van der Waals surface area (Å²) in [5, 5.41) is 23.5. The minimum Gasteiger partial charge on any atom is -0.486 e. The molecule has 0 aliphatic heterocycles. The zero-order chi connectivity index (χ0) is 28.3. The second-order valence-electron chi connectivity index (χ2n) is 10.7. The van der Waals surface area contributed by atoms with Crippen LogP contribution in [0.4, 0.5) is 5.00 Å². The van der Waals surface area contributed by atoms with Gasteiger partial charge in [-0.2, -0.15) is 5.26 Å². The number of rotatable bonds is 10. The van der Waals surface area contributed by atoms with E-state index in [1.165, 1.54) is 16.6 Å². The van der Waals surface area contributed by atoms with Crippen LogP contribution in [0.25, 0.3) is 0 Å². The number of anilines is 1. The molecule has 7 nitrogen and oxygen atoms in total. The fourth-order valence-corrected chi connectivity index (χ4v) is 7.25. The summed E-state index contributed by atoms with van der Waals surface area (Å²) in [5.74, 6) is 2.02. The first kappa shape index (κ1) is 29.4. The second-order valence-corrected chi connectivity index (χ2v) is 13.2. The third-order valence-electron chi connectivity index (χ3n) is 7.87. The number of hydrogen-bond donors (Lipinski definition) is 1. The molecule has 1 aromatic carbocycles. The molecule has 4 rings (SSSR count). The summed E-state index contributed by atoms with van der Waals surface area (Å²) in [6, 6.07) is 6.17. The topological polar surface area (TPSA) is 92.8 Å². The van der Waals surface area contributed by atoms with Crippen molar-refractivity contribution in [1.82, 2.24) is 14.8 Å². The molecule has 39 heavy (non-hydrogen) atoms. The van der Waals surface area contributed by atoms with Crippen LogP contribution in [0.3, 0.4) is 0 Å². The molecule has 208 valence electrons. The molecule has 1 aliphatic rings. The molecule has 0 fully saturated rings. The summed E-state index contributed by atoms with van der Waals surface area (Å²) in [4.78, 5) is 14.2. The van der Waals surface area contributed by atoms with Gasteiger partial charge in [0.05, 0.1) is 11.3 Å². The molecule has 2 aromatic heterocycles. The van der Waals surface area contributed by atoms with E-state index in [1.54, 1.807) is 11.3 Å². The van der Waals surface area contributed by atoms with E-state index in [1.807, 2.05) is 37.5 Å². The Hall–Kier alpha value is -2.54. The van der Waals surface area contributed by atoms with Crippen molar-refractivity contribution in [3.05, 3.63) is 50.1 Å². The molecule has 1 N–H and O–H groups in total. The lowest BCUT2D eigenvalue weighted by molar-refractivity contribution is -0.113. The minimum absolute atomic E-state index is 0.156. The van der Waals surface area contributed by atoms with Gasteiger partial charge in [0.25, 0.3) is 0 Å². The zero-order valence-electron chi connectivity index (χ0n) is 23.5. The van der Waals surface area contributed by atoms with E-state index in [-0.39, 0.29) is 23.7 Å². The Morgan fingerprint density at radius 2 is 2.03 bits per heavy atom. The van der Waals surface area contributed by atoms with E-state index >= 15 is 0 Å². The number of thioether (sulfide) groups is 1. The Morgan fingerprint density at radius 1 is 1.31 bits per heavy atom. The molecule has 10 heteroatoms. The summed E-state index contributed by atoms with van der Waals surface area (Å²) in [6.45, 7) is 13.7. The van der Waals surface area contributed by atoms with Crippen LogP contribution < -0.4 is 10.1 Å². The molecule has 0 spiro atoms. The number of nitriles is 1. The number of benzene rings is 1. The third kappa shape index (κ3) is 6.45. The third-order valence-corrected chi connectivity index (χ3v) is 10.6. The van der Waals surface area contributed by atoms with Gasteiger partial charge in [0.15, 0.2) is 11.0 Å². The van der Waals surface area contributed by atoms with Crippen molar-refractivity contribution in [3.8, 4) is 11.8 Å². The van der Waals surface area contributed by atoms with Crippen LogP contribution in [-0.4, -0.2) is 26.4 Å². The number of hydrogen-bond acceptors (Lipinski definition) is 7. The number of carbonyl (C=O) groups is 1. The first-order valence-electron chi connectivity index (χ1n) is 13.4. The monoisotopic (exact) mass is 585 g/mol. The normalized spacial score (nSPS) is 15.1. The average molecular weight is 586 g/mol. The van der Waals surface area contributed by atoms with Gasteiger partial charge < -0.3 is 14.6 Å². The van der Waals surface area contributed by atoms with Crippen molar-refractivity contribution in [2.75, 3.05) is 11.1 Å². The lowest BCUT2D eigenvalue weighted by Crippen LogP contribution is -2.28.